The molecular weight excluding hydrogens is 304 g/mol. The Morgan fingerprint density at radius 3 is 2.88 bits per heavy atom. The molecule has 0 spiro atoms. The van der Waals surface area contributed by atoms with Gasteiger partial charge in [-0.1, -0.05) is 18.2 Å². The summed E-state index contributed by atoms with van der Waals surface area (Å²) in [7, 11) is 0. The van der Waals surface area contributed by atoms with Crippen LogP contribution in [0.4, 0.5) is 16.2 Å². The molecule has 0 atom stereocenters. The van der Waals surface area contributed by atoms with Gasteiger partial charge in [0, 0.05) is 36.2 Å². The van der Waals surface area contributed by atoms with Gasteiger partial charge in [-0.3, -0.25) is 4.90 Å². The number of anilines is 2. The second-order valence-electron chi connectivity index (χ2n) is 6.37. The lowest BCUT2D eigenvalue weighted by atomic mass is 10.0. The predicted molar refractivity (Wildman–Crippen MR) is 91.4 cm³/mol. The highest BCUT2D eigenvalue weighted by molar-refractivity contribution is 6.04. The third-order valence-corrected chi connectivity index (χ3v) is 5.01. The van der Waals surface area contributed by atoms with E-state index >= 15 is 0 Å². The van der Waals surface area contributed by atoms with Gasteiger partial charge in [0.1, 0.15) is 11.5 Å². The van der Waals surface area contributed by atoms with E-state index < -0.39 is 0 Å². The summed E-state index contributed by atoms with van der Waals surface area (Å²) in [6, 6.07) is 10.0. The van der Waals surface area contributed by atoms with Gasteiger partial charge in [0.2, 0.25) is 0 Å². The highest BCUT2D eigenvalue weighted by atomic mass is 16.5. The minimum atomic E-state index is -0.0991. The number of nitrogens with zero attached hydrogens (tertiary/aromatic N) is 1. The summed E-state index contributed by atoms with van der Waals surface area (Å²) in [5, 5.41) is 3.11. The van der Waals surface area contributed by atoms with Crippen LogP contribution in [-0.2, 0) is 19.3 Å². The Labute approximate surface area is 140 Å². The van der Waals surface area contributed by atoms with Crippen LogP contribution in [0.1, 0.15) is 16.7 Å². The second-order valence-corrected chi connectivity index (χ2v) is 6.37. The summed E-state index contributed by atoms with van der Waals surface area (Å²) in [6.07, 6.45) is 2.56. The summed E-state index contributed by atoms with van der Waals surface area (Å²) in [5.41, 5.74) is 5.18. The number of hydrogen-bond acceptors (Lipinski definition) is 3. The zero-order valence-corrected chi connectivity index (χ0v) is 13.3. The first kappa shape index (κ1) is 13.7. The fraction of sp³-hybridized carbons (Fsp3) is 0.316. The number of ether oxygens (including phenoxy) is 2. The van der Waals surface area contributed by atoms with Crippen molar-refractivity contribution >= 4 is 17.4 Å². The Balaban J connectivity index is 1.50. The third-order valence-electron chi connectivity index (χ3n) is 5.01. The van der Waals surface area contributed by atoms with Gasteiger partial charge in [0.05, 0.1) is 18.9 Å². The molecule has 2 aromatic rings. The van der Waals surface area contributed by atoms with E-state index in [4.69, 9.17) is 9.47 Å². The molecule has 3 heterocycles. The molecule has 0 radical (unpaired) electrons. The lowest BCUT2D eigenvalue weighted by molar-refractivity contribution is 0.257. The molecule has 0 aliphatic carbocycles. The summed E-state index contributed by atoms with van der Waals surface area (Å²) < 4.78 is 11.5. The first-order valence-corrected chi connectivity index (χ1v) is 8.42. The van der Waals surface area contributed by atoms with Gasteiger partial charge < -0.3 is 14.8 Å². The topological polar surface area (TPSA) is 50.8 Å². The fourth-order valence-corrected chi connectivity index (χ4v) is 3.84. The van der Waals surface area contributed by atoms with E-state index in [1.54, 1.807) is 0 Å². The predicted octanol–water partition coefficient (Wildman–Crippen LogP) is 3.15. The van der Waals surface area contributed by atoms with Gasteiger partial charge in [-0.2, -0.15) is 0 Å². The maximum atomic E-state index is 12.9. The Bertz CT molecular complexity index is 814. The molecule has 1 N–H and O–H groups in total. The molecule has 0 fully saturated rings. The van der Waals surface area contributed by atoms with Crippen molar-refractivity contribution < 1.29 is 14.3 Å². The van der Waals surface area contributed by atoms with Crippen LogP contribution in [0.3, 0.4) is 0 Å². The number of rotatable bonds is 1. The van der Waals surface area contributed by atoms with E-state index in [2.05, 4.69) is 17.4 Å². The zero-order valence-electron chi connectivity index (χ0n) is 13.3. The van der Waals surface area contributed by atoms with Crippen LogP contribution in [0, 0.1) is 0 Å². The summed E-state index contributed by atoms with van der Waals surface area (Å²) in [5.74, 6) is 1.71. The van der Waals surface area contributed by atoms with Crippen molar-refractivity contribution in [3.63, 3.8) is 0 Å². The van der Waals surface area contributed by atoms with Crippen molar-refractivity contribution in [3.05, 3.63) is 47.0 Å². The molecular formula is C19H18N2O3. The lowest BCUT2D eigenvalue weighted by Gasteiger charge is -2.20. The molecule has 0 bridgehead atoms. The Hall–Kier alpha value is -2.69. The summed E-state index contributed by atoms with van der Waals surface area (Å²) in [4.78, 5) is 14.7. The number of carbonyl (C=O) groups excluding carboxylic acids is 1. The minimum Gasteiger partial charge on any atom is -0.493 e. The van der Waals surface area contributed by atoms with Crippen molar-refractivity contribution in [1.82, 2.24) is 0 Å². The second kappa shape index (κ2) is 5.16. The SMILES string of the molecule is O=C(Nc1c2c(cc3c1OCC3)OCC2)N1CCc2ccccc21. The highest BCUT2D eigenvalue weighted by Crippen LogP contribution is 2.44. The van der Waals surface area contributed by atoms with Crippen molar-refractivity contribution in [2.75, 3.05) is 30.0 Å². The Morgan fingerprint density at radius 1 is 1.04 bits per heavy atom. The summed E-state index contributed by atoms with van der Waals surface area (Å²) >= 11 is 0. The summed E-state index contributed by atoms with van der Waals surface area (Å²) in [6.45, 7) is 2.03. The van der Waals surface area contributed by atoms with Crippen LogP contribution < -0.4 is 19.7 Å². The van der Waals surface area contributed by atoms with Gasteiger partial charge in [0.25, 0.3) is 0 Å². The number of hydrogen-bond donors (Lipinski definition) is 1. The lowest BCUT2D eigenvalue weighted by Crippen LogP contribution is -2.33. The number of benzene rings is 2. The molecule has 24 heavy (non-hydrogen) atoms. The number of para-hydroxylation sites is 1. The van der Waals surface area contributed by atoms with Crippen LogP contribution in [-0.4, -0.2) is 25.8 Å². The molecule has 2 amide bonds. The molecule has 5 nitrogen and oxygen atoms in total. The van der Waals surface area contributed by atoms with Gasteiger partial charge in [0.15, 0.2) is 0 Å². The molecule has 0 saturated heterocycles. The normalized spacial score (nSPS) is 16.9. The monoisotopic (exact) mass is 322 g/mol. The van der Waals surface area contributed by atoms with Crippen molar-refractivity contribution in [3.8, 4) is 11.5 Å². The van der Waals surface area contributed by atoms with Gasteiger partial charge in [-0.15, -0.1) is 0 Å². The van der Waals surface area contributed by atoms with Crippen LogP contribution in [0.2, 0.25) is 0 Å². The van der Waals surface area contributed by atoms with Gasteiger partial charge in [-0.05, 0) is 24.1 Å². The standard InChI is InChI=1S/C19H18N2O3/c22-19(21-8-5-12-3-1-2-4-15(12)21)20-17-14-7-10-23-16(14)11-13-6-9-24-18(13)17/h1-4,11H,5-10H2,(H,20,22). The van der Waals surface area contributed by atoms with Gasteiger partial charge >= 0.3 is 6.03 Å². The van der Waals surface area contributed by atoms with Crippen LogP contribution >= 0.6 is 0 Å². The molecule has 0 unspecified atom stereocenters. The molecule has 3 aliphatic rings. The van der Waals surface area contributed by atoms with Crippen LogP contribution in [0.25, 0.3) is 0 Å². The van der Waals surface area contributed by atoms with E-state index in [1.165, 1.54) is 5.56 Å². The molecule has 122 valence electrons. The number of fused-ring (bicyclic) bond motifs is 3. The van der Waals surface area contributed by atoms with E-state index in [0.29, 0.717) is 19.8 Å². The third kappa shape index (κ3) is 1.97. The zero-order chi connectivity index (χ0) is 16.1. The smallest absolute Gasteiger partial charge is 0.326 e. The molecule has 5 heteroatoms. The Morgan fingerprint density at radius 2 is 1.92 bits per heavy atom. The Kier molecular flexibility index (Phi) is 2.95. The average molecular weight is 322 g/mol. The largest absolute Gasteiger partial charge is 0.493 e. The van der Waals surface area contributed by atoms with Gasteiger partial charge in [-0.25, -0.2) is 4.79 Å². The van der Waals surface area contributed by atoms with E-state index in [1.807, 2.05) is 23.1 Å². The van der Waals surface area contributed by atoms with Crippen molar-refractivity contribution in [1.29, 1.82) is 0 Å². The van der Waals surface area contributed by atoms with Crippen molar-refractivity contribution in [2.24, 2.45) is 0 Å². The van der Waals surface area contributed by atoms with E-state index in [0.717, 1.165) is 53.3 Å². The number of carbonyl (C=O) groups is 1. The molecule has 2 aromatic carbocycles. The molecule has 5 rings (SSSR count). The molecule has 3 aliphatic heterocycles. The van der Waals surface area contributed by atoms with Crippen LogP contribution in [0.15, 0.2) is 30.3 Å². The molecule has 0 aromatic heterocycles. The maximum absolute atomic E-state index is 12.9. The number of urea groups is 1. The van der Waals surface area contributed by atoms with E-state index in [-0.39, 0.29) is 6.03 Å². The highest BCUT2D eigenvalue weighted by Gasteiger charge is 2.30. The number of nitrogens with one attached hydrogen (secondary N) is 1. The number of amides is 2. The first-order chi connectivity index (χ1) is 11.8. The fourth-order valence-electron chi connectivity index (χ4n) is 3.84. The van der Waals surface area contributed by atoms with Crippen molar-refractivity contribution in [2.45, 2.75) is 19.3 Å². The average Bonchev–Trinajstić information content (AvgIpc) is 3.33. The first-order valence-electron chi connectivity index (χ1n) is 8.42. The van der Waals surface area contributed by atoms with E-state index in [9.17, 15) is 4.79 Å². The van der Waals surface area contributed by atoms with Crippen LogP contribution in [0.5, 0.6) is 11.5 Å². The minimum absolute atomic E-state index is 0.0991. The molecule has 0 saturated carbocycles. The quantitative estimate of drug-likeness (QED) is 0.877. The maximum Gasteiger partial charge on any atom is 0.326 e.